The quantitative estimate of drug-likeness (QED) is 0.171. The number of hydrogen-bond acceptors (Lipinski definition) is 5. The van der Waals surface area contributed by atoms with Crippen molar-refractivity contribution in [3.05, 3.63) is 188 Å². The Morgan fingerprint density at radius 2 is 0.804 bits per heavy atom. The summed E-state index contributed by atoms with van der Waals surface area (Å²) < 4.78 is 8.69. The first kappa shape index (κ1) is 32.2. The Kier molecular flexibility index (Phi) is 7.64. The highest BCUT2D eigenvalue weighted by Gasteiger charge is 2.16. The van der Waals surface area contributed by atoms with Crippen molar-refractivity contribution in [3.8, 4) is 67.5 Å². The lowest BCUT2D eigenvalue weighted by Gasteiger charge is -2.11. The lowest BCUT2D eigenvalue weighted by Crippen LogP contribution is -2.00. The van der Waals surface area contributed by atoms with Crippen molar-refractivity contribution in [2.75, 3.05) is 0 Å². The molecule has 0 radical (unpaired) electrons. The first-order valence-electron chi connectivity index (χ1n) is 18.7. The summed E-state index contributed by atoms with van der Waals surface area (Å²) in [6.07, 6.45) is 0. The lowest BCUT2D eigenvalue weighted by molar-refractivity contribution is 0.669. The van der Waals surface area contributed by atoms with Crippen LogP contribution in [0.25, 0.3) is 110 Å². The summed E-state index contributed by atoms with van der Waals surface area (Å²) in [5, 5.41) is 4.72. The fourth-order valence-electron chi connectivity index (χ4n) is 7.76. The van der Waals surface area contributed by atoms with Gasteiger partial charge in [0, 0.05) is 47.6 Å². The van der Waals surface area contributed by atoms with Gasteiger partial charge < -0.3 is 4.42 Å². The zero-order valence-corrected chi connectivity index (χ0v) is 30.9. The number of para-hydroxylation sites is 1. The molecule has 0 unspecified atom stereocenters. The zero-order chi connectivity index (χ0) is 37.0. The van der Waals surface area contributed by atoms with E-state index in [0.29, 0.717) is 17.5 Å². The van der Waals surface area contributed by atoms with Gasteiger partial charge in [-0.2, -0.15) is 0 Å². The van der Waals surface area contributed by atoms with Crippen LogP contribution in [0.15, 0.2) is 192 Å². The maximum absolute atomic E-state index is 6.26. The average molecular weight is 734 g/mol. The van der Waals surface area contributed by atoms with E-state index >= 15 is 0 Å². The van der Waals surface area contributed by atoms with E-state index in [1.807, 2.05) is 48.5 Å². The van der Waals surface area contributed by atoms with Crippen LogP contribution in [0.3, 0.4) is 0 Å². The smallest absolute Gasteiger partial charge is 0.164 e. The van der Waals surface area contributed by atoms with Gasteiger partial charge in [-0.25, -0.2) is 15.0 Å². The molecule has 0 amide bonds. The van der Waals surface area contributed by atoms with Crippen LogP contribution >= 0.6 is 11.3 Å². The molecule has 262 valence electrons. The van der Waals surface area contributed by atoms with Crippen molar-refractivity contribution in [1.29, 1.82) is 0 Å². The molecule has 0 bridgehead atoms. The number of hydrogen-bond donors (Lipinski definition) is 0. The third-order valence-electron chi connectivity index (χ3n) is 10.6. The van der Waals surface area contributed by atoms with Gasteiger partial charge >= 0.3 is 0 Å². The van der Waals surface area contributed by atoms with Gasteiger partial charge in [0.2, 0.25) is 0 Å². The van der Waals surface area contributed by atoms with E-state index in [2.05, 4.69) is 140 Å². The maximum Gasteiger partial charge on any atom is 0.164 e. The molecule has 0 aliphatic carbocycles. The molecule has 0 fully saturated rings. The predicted octanol–water partition coefficient (Wildman–Crippen LogP) is 14.1. The Hall–Kier alpha value is -7.21. The SMILES string of the molecule is c1ccc(-c2ccc(-c3nc(-c4ccccc4)nc(-c4ccc5c(c4)sc4ccc(-c6ccccc6-c6ccc7c(c6)oc6ccccc67)cc45)n3)cc2)cc1. The highest BCUT2D eigenvalue weighted by atomic mass is 32.1. The van der Waals surface area contributed by atoms with Crippen LogP contribution in [0.5, 0.6) is 0 Å². The van der Waals surface area contributed by atoms with Gasteiger partial charge in [-0.3, -0.25) is 0 Å². The van der Waals surface area contributed by atoms with Crippen LogP contribution in [0, 0.1) is 0 Å². The second kappa shape index (κ2) is 13.3. The largest absolute Gasteiger partial charge is 0.456 e. The molecule has 0 aliphatic rings. The summed E-state index contributed by atoms with van der Waals surface area (Å²) >= 11 is 1.80. The van der Waals surface area contributed by atoms with Crippen molar-refractivity contribution in [2.24, 2.45) is 0 Å². The molecule has 0 saturated heterocycles. The second-order valence-corrected chi connectivity index (χ2v) is 15.1. The van der Waals surface area contributed by atoms with Crippen molar-refractivity contribution < 1.29 is 4.42 Å². The molecule has 3 aromatic heterocycles. The third kappa shape index (κ3) is 5.65. The summed E-state index contributed by atoms with van der Waals surface area (Å²) in [6, 6.07) is 65.8. The van der Waals surface area contributed by atoms with Gasteiger partial charge in [-0.05, 0) is 69.8 Å². The molecule has 0 N–H and O–H groups in total. The van der Waals surface area contributed by atoms with Gasteiger partial charge in [0.1, 0.15) is 11.2 Å². The minimum absolute atomic E-state index is 0.646. The number of thiophene rings is 1. The summed E-state index contributed by atoms with van der Waals surface area (Å²) in [5.41, 5.74) is 11.6. The van der Waals surface area contributed by atoms with Crippen LogP contribution in [0.2, 0.25) is 0 Å². The molecule has 0 atom stereocenters. The van der Waals surface area contributed by atoms with E-state index in [1.54, 1.807) is 11.3 Å². The van der Waals surface area contributed by atoms with E-state index in [9.17, 15) is 0 Å². The van der Waals surface area contributed by atoms with E-state index in [-0.39, 0.29) is 0 Å². The zero-order valence-electron chi connectivity index (χ0n) is 30.1. The van der Waals surface area contributed by atoms with Gasteiger partial charge in [0.05, 0.1) is 0 Å². The van der Waals surface area contributed by atoms with Crippen LogP contribution in [-0.4, -0.2) is 15.0 Å². The van der Waals surface area contributed by atoms with Crippen molar-refractivity contribution in [2.45, 2.75) is 0 Å². The molecular formula is C51H31N3OS. The second-order valence-electron chi connectivity index (χ2n) is 14.0. The van der Waals surface area contributed by atoms with Gasteiger partial charge in [-0.1, -0.05) is 152 Å². The number of rotatable bonds is 6. The van der Waals surface area contributed by atoms with Gasteiger partial charge in [0.15, 0.2) is 17.5 Å². The Bertz CT molecular complexity index is 3240. The molecule has 5 heteroatoms. The molecular weight excluding hydrogens is 703 g/mol. The molecule has 11 aromatic rings. The first-order valence-corrected chi connectivity index (χ1v) is 19.5. The summed E-state index contributed by atoms with van der Waals surface area (Å²) in [7, 11) is 0. The summed E-state index contributed by atoms with van der Waals surface area (Å²) in [6.45, 7) is 0. The summed E-state index contributed by atoms with van der Waals surface area (Å²) in [4.78, 5) is 15.1. The van der Waals surface area contributed by atoms with E-state index in [4.69, 9.17) is 19.4 Å². The molecule has 56 heavy (non-hydrogen) atoms. The van der Waals surface area contributed by atoms with Crippen molar-refractivity contribution in [1.82, 2.24) is 15.0 Å². The Morgan fingerprint density at radius 3 is 1.55 bits per heavy atom. The van der Waals surface area contributed by atoms with Crippen molar-refractivity contribution in [3.63, 3.8) is 0 Å². The minimum atomic E-state index is 0.646. The lowest BCUT2D eigenvalue weighted by atomic mass is 9.93. The molecule has 0 saturated carbocycles. The summed E-state index contributed by atoms with van der Waals surface area (Å²) in [5.74, 6) is 1.95. The normalized spacial score (nSPS) is 11.6. The molecule has 11 rings (SSSR count). The topological polar surface area (TPSA) is 51.8 Å². The molecule has 8 aromatic carbocycles. The van der Waals surface area contributed by atoms with Crippen LogP contribution in [-0.2, 0) is 0 Å². The average Bonchev–Trinajstić information content (AvgIpc) is 3.84. The first-order chi connectivity index (χ1) is 27.7. The standard InChI is InChI=1S/C51H31N3OS/c1-3-11-32(12-4-1)33-19-21-35(22-20-33)50-52-49(34-13-5-2-6-14-34)53-51(54-50)38-24-27-43-44-29-36(25-28-47(44)56-48(43)31-38)39-15-7-8-16-40(39)37-23-26-42-41-17-9-10-18-45(41)55-46(42)30-37/h1-31H. The predicted molar refractivity (Wildman–Crippen MR) is 233 cm³/mol. The van der Waals surface area contributed by atoms with E-state index in [1.165, 1.54) is 42.4 Å². The van der Waals surface area contributed by atoms with Crippen LogP contribution in [0.1, 0.15) is 0 Å². The van der Waals surface area contributed by atoms with E-state index in [0.717, 1.165) is 49.8 Å². The van der Waals surface area contributed by atoms with E-state index < -0.39 is 0 Å². The highest BCUT2D eigenvalue weighted by Crippen LogP contribution is 2.41. The monoisotopic (exact) mass is 733 g/mol. The third-order valence-corrected chi connectivity index (χ3v) is 11.7. The number of fused-ring (bicyclic) bond motifs is 6. The number of aromatic nitrogens is 3. The van der Waals surface area contributed by atoms with Crippen LogP contribution in [0.4, 0.5) is 0 Å². The number of nitrogens with zero attached hydrogens (tertiary/aromatic N) is 3. The number of benzene rings is 8. The fourth-order valence-corrected chi connectivity index (χ4v) is 8.88. The highest BCUT2D eigenvalue weighted by molar-refractivity contribution is 7.25. The fraction of sp³-hybridized carbons (Fsp3) is 0. The van der Waals surface area contributed by atoms with Gasteiger partial charge in [-0.15, -0.1) is 11.3 Å². The molecule has 4 nitrogen and oxygen atoms in total. The van der Waals surface area contributed by atoms with Crippen LogP contribution < -0.4 is 0 Å². The molecule has 3 heterocycles. The molecule has 0 aliphatic heterocycles. The minimum Gasteiger partial charge on any atom is -0.456 e. The molecule has 0 spiro atoms. The Morgan fingerprint density at radius 1 is 0.304 bits per heavy atom. The Balaban J connectivity index is 0.980. The van der Waals surface area contributed by atoms with Crippen molar-refractivity contribution >= 4 is 53.4 Å². The Labute approximate surface area is 327 Å². The number of furan rings is 1. The van der Waals surface area contributed by atoms with Gasteiger partial charge in [0.25, 0.3) is 0 Å². The maximum atomic E-state index is 6.26.